The largest absolute Gasteiger partial charge is 0.491 e. The van der Waals surface area contributed by atoms with E-state index in [9.17, 15) is 14.4 Å². The third kappa shape index (κ3) is 6.60. The number of hydrogen-bond acceptors (Lipinski definition) is 6. The predicted molar refractivity (Wildman–Crippen MR) is 137 cm³/mol. The van der Waals surface area contributed by atoms with E-state index < -0.39 is 0 Å². The molecule has 3 atom stereocenters. The van der Waals surface area contributed by atoms with Gasteiger partial charge in [0.15, 0.2) is 0 Å². The van der Waals surface area contributed by atoms with Gasteiger partial charge in [0, 0.05) is 63.2 Å². The minimum atomic E-state index is -0.296. The van der Waals surface area contributed by atoms with Crippen molar-refractivity contribution < 1.29 is 23.9 Å². The van der Waals surface area contributed by atoms with Crippen LogP contribution in [0.1, 0.15) is 54.3 Å². The summed E-state index contributed by atoms with van der Waals surface area (Å²) in [5, 5.41) is 2.84. The Morgan fingerprint density at radius 3 is 2.56 bits per heavy atom. The summed E-state index contributed by atoms with van der Waals surface area (Å²) in [5.41, 5.74) is 1.42. The van der Waals surface area contributed by atoms with Gasteiger partial charge < -0.3 is 24.6 Å². The van der Waals surface area contributed by atoms with E-state index in [1.807, 2.05) is 20.8 Å². The van der Waals surface area contributed by atoms with Crippen LogP contribution in [0.15, 0.2) is 42.7 Å². The van der Waals surface area contributed by atoms with Crippen molar-refractivity contribution in [2.75, 3.05) is 39.2 Å². The molecule has 0 aliphatic carbocycles. The maximum absolute atomic E-state index is 13.4. The summed E-state index contributed by atoms with van der Waals surface area (Å²) in [4.78, 5) is 46.4. The van der Waals surface area contributed by atoms with Gasteiger partial charge in [0.25, 0.3) is 11.8 Å². The number of likely N-dealkylation sites (N-methyl/N-ethyl adjacent to an activating group) is 1. The maximum Gasteiger partial charge on any atom is 0.257 e. The number of pyridine rings is 1. The fourth-order valence-electron chi connectivity index (χ4n) is 4.25. The first kappa shape index (κ1) is 27.1. The fraction of sp³-hybridized carbons (Fsp3) is 0.481. The molecule has 0 saturated carbocycles. The van der Waals surface area contributed by atoms with Crippen molar-refractivity contribution in [1.29, 1.82) is 0 Å². The maximum atomic E-state index is 13.4. The van der Waals surface area contributed by atoms with Crippen LogP contribution in [-0.4, -0.2) is 78.5 Å². The average Bonchev–Trinajstić information content (AvgIpc) is 2.88. The molecule has 2 aromatic rings. The average molecular weight is 497 g/mol. The number of amides is 3. The first-order valence-electron chi connectivity index (χ1n) is 12.3. The lowest BCUT2D eigenvalue weighted by Gasteiger charge is -2.36. The zero-order valence-corrected chi connectivity index (χ0v) is 21.7. The van der Waals surface area contributed by atoms with Crippen molar-refractivity contribution in [2.24, 2.45) is 5.92 Å². The molecule has 9 nitrogen and oxygen atoms in total. The van der Waals surface area contributed by atoms with E-state index in [-0.39, 0.29) is 42.4 Å². The highest BCUT2D eigenvalue weighted by molar-refractivity contribution is 5.99. The molecule has 0 radical (unpaired) electrons. The Labute approximate surface area is 212 Å². The molecular formula is C27H36N4O5. The number of anilines is 1. The Bertz CT molecular complexity index is 1060. The van der Waals surface area contributed by atoms with Crippen LogP contribution >= 0.6 is 0 Å². The molecule has 0 spiro atoms. The molecular weight excluding hydrogens is 460 g/mol. The lowest BCUT2D eigenvalue weighted by Crippen LogP contribution is -2.48. The SMILES string of the molecule is CCCC(=O)Nc1ccc2c(c1)C(=O)N(C)C[C@H](OC)[C@@H](C)CN(C(=O)c1ccncc1)[C@@H](C)CO2. The molecule has 0 bridgehead atoms. The third-order valence-electron chi connectivity index (χ3n) is 6.39. The van der Waals surface area contributed by atoms with Gasteiger partial charge in [-0.05, 0) is 43.7 Å². The molecule has 1 aliphatic rings. The summed E-state index contributed by atoms with van der Waals surface area (Å²) in [6, 6.07) is 8.15. The summed E-state index contributed by atoms with van der Waals surface area (Å²) in [6.07, 6.45) is 4.02. The number of carbonyl (C=O) groups is 3. The number of fused-ring (bicyclic) bond motifs is 1. The third-order valence-corrected chi connectivity index (χ3v) is 6.39. The van der Waals surface area contributed by atoms with Gasteiger partial charge >= 0.3 is 0 Å². The number of carbonyl (C=O) groups excluding carboxylic acids is 3. The number of hydrogen-bond donors (Lipinski definition) is 1. The van der Waals surface area contributed by atoms with E-state index in [0.717, 1.165) is 6.42 Å². The van der Waals surface area contributed by atoms with Crippen molar-refractivity contribution in [3.05, 3.63) is 53.9 Å². The lowest BCUT2D eigenvalue weighted by atomic mass is 10.0. The Balaban J connectivity index is 1.96. The van der Waals surface area contributed by atoms with Crippen molar-refractivity contribution in [1.82, 2.24) is 14.8 Å². The van der Waals surface area contributed by atoms with E-state index >= 15 is 0 Å². The van der Waals surface area contributed by atoms with Crippen LogP contribution in [-0.2, 0) is 9.53 Å². The van der Waals surface area contributed by atoms with Crippen LogP contribution in [0.3, 0.4) is 0 Å². The number of nitrogens with one attached hydrogen (secondary N) is 1. The number of benzene rings is 1. The van der Waals surface area contributed by atoms with Crippen LogP contribution in [0.2, 0.25) is 0 Å². The zero-order chi connectivity index (χ0) is 26.2. The Hall–Kier alpha value is -3.46. The Kier molecular flexibility index (Phi) is 9.41. The first-order chi connectivity index (χ1) is 17.2. The van der Waals surface area contributed by atoms with E-state index in [1.165, 1.54) is 0 Å². The number of methoxy groups -OCH3 is 1. The van der Waals surface area contributed by atoms with Crippen LogP contribution in [0.4, 0.5) is 5.69 Å². The van der Waals surface area contributed by atoms with Gasteiger partial charge in [0.2, 0.25) is 5.91 Å². The normalized spacial score (nSPS) is 21.0. The van der Waals surface area contributed by atoms with E-state index in [2.05, 4.69) is 10.3 Å². The highest BCUT2D eigenvalue weighted by atomic mass is 16.5. The Morgan fingerprint density at radius 2 is 1.89 bits per heavy atom. The molecule has 36 heavy (non-hydrogen) atoms. The Morgan fingerprint density at radius 1 is 1.17 bits per heavy atom. The highest BCUT2D eigenvalue weighted by Gasteiger charge is 2.31. The molecule has 9 heteroatoms. The van der Waals surface area contributed by atoms with E-state index in [0.29, 0.717) is 42.1 Å². The van der Waals surface area contributed by atoms with Gasteiger partial charge in [-0.15, -0.1) is 0 Å². The van der Waals surface area contributed by atoms with E-state index in [1.54, 1.807) is 66.7 Å². The van der Waals surface area contributed by atoms with Crippen molar-refractivity contribution in [3.63, 3.8) is 0 Å². The van der Waals surface area contributed by atoms with Crippen LogP contribution in [0.5, 0.6) is 5.75 Å². The molecule has 1 N–H and O–H groups in total. The quantitative estimate of drug-likeness (QED) is 0.680. The number of rotatable bonds is 5. The molecule has 3 rings (SSSR count). The van der Waals surface area contributed by atoms with Crippen LogP contribution < -0.4 is 10.1 Å². The molecule has 0 fully saturated rings. The van der Waals surface area contributed by atoms with Gasteiger partial charge in [0.1, 0.15) is 12.4 Å². The molecule has 3 amide bonds. The molecule has 2 heterocycles. The highest BCUT2D eigenvalue weighted by Crippen LogP contribution is 2.27. The number of aromatic nitrogens is 1. The second-order valence-electron chi connectivity index (χ2n) is 9.30. The molecule has 1 aliphatic heterocycles. The second-order valence-corrected chi connectivity index (χ2v) is 9.30. The van der Waals surface area contributed by atoms with Crippen molar-refractivity contribution >= 4 is 23.4 Å². The second kappa shape index (κ2) is 12.5. The molecule has 0 unspecified atom stereocenters. The van der Waals surface area contributed by atoms with Crippen molar-refractivity contribution in [2.45, 2.75) is 45.8 Å². The summed E-state index contributed by atoms with van der Waals surface area (Å²) >= 11 is 0. The first-order valence-corrected chi connectivity index (χ1v) is 12.3. The van der Waals surface area contributed by atoms with Gasteiger partial charge in [-0.2, -0.15) is 0 Å². The predicted octanol–water partition coefficient (Wildman–Crippen LogP) is 3.47. The van der Waals surface area contributed by atoms with Gasteiger partial charge in [-0.3, -0.25) is 19.4 Å². The van der Waals surface area contributed by atoms with Gasteiger partial charge in [-0.1, -0.05) is 13.8 Å². The van der Waals surface area contributed by atoms with Crippen LogP contribution in [0.25, 0.3) is 0 Å². The van der Waals surface area contributed by atoms with Crippen molar-refractivity contribution in [3.8, 4) is 5.75 Å². The smallest absolute Gasteiger partial charge is 0.257 e. The number of nitrogens with zero attached hydrogens (tertiary/aromatic N) is 3. The van der Waals surface area contributed by atoms with Gasteiger partial charge in [0.05, 0.1) is 17.7 Å². The summed E-state index contributed by atoms with van der Waals surface area (Å²) in [5.74, 6) is -0.127. The standard InChI is InChI=1S/C27H36N4O5/c1-6-7-25(32)29-21-8-9-23-22(14-21)27(34)30(4)16-24(35-5)18(2)15-31(19(3)17-36-23)26(33)20-10-12-28-13-11-20/h8-14,18-19,24H,6-7,15-17H2,1-5H3,(H,29,32)/t18-,19-,24-/m0/s1. The topological polar surface area (TPSA) is 101 Å². The van der Waals surface area contributed by atoms with Crippen LogP contribution in [0, 0.1) is 5.92 Å². The minimum absolute atomic E-state index is 0.0583. The summed E-state index contributed by atoms with van der Waals surface area (Å²) < 4.78 is 11.9. The monoisotopic (exact) mass is 496 g/mol. The van der Waals surface area contributed by atoms with E-state index in [4.69, 9.17) is 9.47 Å². The summed E-state index contributed by atoms with van der Waals surface area (Å²) in [7, 11) is 3.32. The van der Waals surface area contributed by atoms with Gasteiger partial charge in [-0.25, -0.2) is 0 Å². The number of ether oxygens (including phenoxy) is 2. The molecule has 1 aromatic heterocycles. The zero-order valence-electron chi connectivity index (χ0n) is 21.7. The molecule has 1 aromatic carbocycles. The fourth-order valence-corrected chi connectivity index (χ4v) is 4.25. The molecule has 194 valence electrons. The summed E-state index contributed by atoms with van der Waals surface area (Å²) in [6.45, 7) is 6.81. The minimum Gasteiger partial charge on any atom is -0.491 e. The molecule has 0 saturated heterocycles. The lowest BCUT2D eigenvalue weighted by molar-refractivity contribution is -0.116.